The zero-order valence-electron chi connectivity index (χ0n) is 16.2. The molecular weight excluding hydrogens is 332 g/mol. The van der Waals surface area contributed by atoms with E-state index < -0.39 is 0 Å². The predicted molar refractivity (Wildman–Crippen MR) is 115 cm³/mol. The molecule has 1 aliphatic rings. The van der Waals surface area contributed by atoms with Crippen LogP contribution >= 0.6 is 0 Å². The Morgan fingerprint density at radius 1 is 1.30 bits per heavy atom. The molecule has 0 aromatic carbocycles. The van der Waals surface area contributed by atoms with Gasteiger partial charge in [0, 0.05) is 67.0 Å². The zero-order valence-corrected chi connectivity index (χ0v) is 16.2. The Kier molecular flexibility index (Phi) is 4.19. The second-order valence-corrected chi connectivity index (χ2v) is 7.18. The summed E-state index contributed by atoms with van der Waals surface area (Å²) in [5.74, 6) is 0.312. The summed E-state index contributed by atoms with van der Waals surface area (Å²) in [4.78, 5) is 12.3. The minimum atomic E-state index is 0. The van der Waals surface area contributed by atoms with Gasteiger partial charge in [0.1, 0.15) is 5.65 Å². The van der Waals surface area contributed by atoms with E-state index in [1.54, 1.807) is 0 Å². The van der Waals surface area contributed by atoms with E-state index in [-0.39, 0.29) is 1.43 Å². The molecule has 2 N–H and O–H groups in total. The molecule has 0 aliphatic heterocycles. The first-order valence-corrected chi connectivity index (χ1v) is 9.19. The molecule has 3 heterocycles. The van der Waals surface area contributed by atoms with Gasteiger partial charge < -0.3 is 10.3 Å². The summed E-state index contributed by atoms with van der Waals surface area (Å²) >= 11 is 0. The van der Waals surface area contributed by atoms with Crippen LogP contribution in [0.15, 0.2) is 54.8 Å². The van der Waals surface area contributed by atoms with Gasteiger partial charge in [-0.15, -0.1) is 0 Å². The van der Waals surface area contributed by atoms with E-state index in [0.29, 0.717) is 5.92 Å². The van der Waals surface area contributed by atoms with Crippen molar-refractivity contribution in [3.63, 3.8) is 0 Å². The van der Waals surface area contributed by atoms with Crippen molar-refractivity contribution in [3.8, 4) is 0 Å². The number of hydrogen-bond donors (Lipinski definition) is 2. The number of fused-ring (bicyclic) bond motifs is 2. The van der Waals surface area contributed by atoms with E-state index in [2.05, 4.69) is 65.1 Å². The summed E-state index contributed by atoms with van der Waals surface area (Å²) in [6.45, 7) is 10.5. The van der Waals surface area contributed by atoms with Crippen molar-refractivity contribution < 1.29 is 1.43 Å². The van der Waals surface area contributed by atoms with E-state index >= 15 is 0 Å². The second-order valence-electron chi connectivity index (χ2n) is 7.18. The third-order valence-corrected chi connectivity index (χ3v) is 5.44. The lowest BCUT2D eigenvalue weighted by molar-refractivity contribution is 0.992. The van der Waals surface area contributed by atoms with Crippen molar-refractivity contribution in [1.82, 2.24) is 20.3 Å². The molecule has 4 heteroatoms. The van der Waals surface area contributed by atoms with E-state index in [4.69, 9.17) is 0 Å². The first-order valence-electron chi connectivity index (χ1n) is 9.19. The summed E-state index contributed by atoms with van der Waals surface area (Å²) in [7, 11) is 1.93. The summed E-state index contributed by atoms with van der Waals surface area (Å²) in [6.07, 6.45) is 10.1. The quantitative estimate of drug-likeness (QED) is 0.615. The van der Waals surface area contributed by atoms with Crippen LogP contribution in [0.2, 0.25) is 0 Å². The van der Waals surface area contributed by atoms with Gasteiger partial charge in [-0.3, -0.25) is 4.98 Å². The number of nitrogens with zero attached hydrogens (tertiary/aromatic N) is 2. The highest BCUT2D eigenvalue weighted by Crippen LogP contribution is 2.43. The van der Waals surface area contributed by atoms with Crippen molar-refractivity contribution in [2.75, 3.05) is 7.05 Å². The highest BCUT2D eigenvalue weighted by Gasteiger charge is 2.24. The molecule has 0 saturated heterocycles. The number of rotatable bonds is 4. The maximum Gasteiger partial charge on any atom is 0.137 e. The summed E-state index contributed by atoms with van der Waals surface area (Å²) in [6, 6.07) is 4.30. The Bertz CT molecular complexity index is 1120. The second kappa shape index (κ2) is 6.54. The van der Waals surface area contributed by atoms with Crippen LogP contribution < -0.4 is 5.32 Å². The van der Waals surface area contributed by atoms with E-state index in [1.807, 2.05) is 32.6 Å². The maximum absolute atomic E-state index is 4.67. The van der Waals surface area contributed by atoms with Gasteiger partial charge >= 0.3 is 0 Å². The number of allylic oxidation sites excluding steroid dienone is 4. The molecule has 0 saturated carbocycles. The van der Waals surface area contributed by atoms with Crippen LogP contribution in [0.5, 0.6) is 0 Å². The Balaban J connectivity index is 0.00000225. The van der Waals surface area contributed by atoms with Crippen molar-refractivity contribution in [2.45, 2.75) is 26.7 Å². The van der Waals surface area contributed by atoms with E-state index in [1.165, 1.54) is 22.3 Å². The van der Waals surface area contributed by atoms with E-state index in [9.17, 15) is 0 Å². The van der Waals surface area contributed by atoms with E-state index in [0.717, 1.165) is 33.4 Å². The zero-order chi connectivity index (χ0) is 19.1. The molecule has 1 unspecified atom stereocenters. The minimum absolute atomic E-state index is 0. The smallest absolute Gasteiger partial charge is 0.137 e. The van der Waals surface area contributed by atoms with Gasteiger partial charge in [-0.25, -0.2) is 4.98 Å². The van der Waals surface area contributed by atoms with Crippen molar-refractivity contribution >= 4 is 28.3 Å². The Morgan fingerprint density at radius 3 is 2.81 bits per heavy atom. The number of H-pyrrole nitrogens is 1. The van der Waals surface area contributed by atoms with Crippen LogP contribution in [0.4, 0.5) is 0 Å². The maximum atomic E-state index is 4.67. The summed E-state index contributed by atoms with van der Waals surface area (Å²) in [5.41, 5.74) is 10.2. The molecule has 0 spiro atoms. The number of nitrogens with one attached hydrogen (secondary N) is 2. The lowest BCUT2D eigenvalue weighted by Crippen LogP contribution is -2.06. The van der Waals surface area contributed by atoms with Crippen molar-refractivity contribution in [2.24, 2.45) is 0 Å². The molecule has 0 bridgehead atoms. The highest BCUT2D eigenvalue weighted by atomic mass is 14.8. The lowest BCUT2D eigenvalue weighted by Gasteiger charge is -2.13. The fourth-order valence-corrected chi connectivity index (χ4v) is 3.97. The molecule has 1 aliphatic carbocycles. The van der Waals surface area contributed by atoms with Crippen LogP contribution in [0.25, 0.3) is 28.3 Å². The Labute approximate surface area is 161 Å². The van der Waals surface area contributed by atoms with Crippen LogP contribution in [0.1, 0.15) is 50.4 Å². The van der Waals surface area contributed by atoms with Crippen LogP contribution in [-0.4, -0.2) is 22.0 Å². The largest absolute Gasteiger partial charge is 0.391 e. The van der Waals surface area contributed by atoms with Gasteiger partial charge in [-0.2, -0.15) is 0 Å². The SMILES string of the molecule is C=C(C)/C(=C(/C)NC)c1cnc2[nH]cc(C3=Cc4ccncc4C3C)c2c1.[HH]. The summed E-state index contributed by atoms with van der Waals surface area (Å²) < 4.78 is 0. The number of pyridine rings is 2. The molecular formula is C23H26N4. The normalized spacial score (nSPS) is 16.7. The number of aromatic amines is 1. The molecule has 27 heavy (non-hydrogen) atoms. The molecule has 0 amide bonds. The molecule has 0 radical (unpaired) electrons. The molecule has 4 rings (SSSR count). The Hall–Kier alpha value is -3.14. The van der Waals surface area contributed by atoms with Gasteiger partial charge in [0.2, 0.25) is 0 Å². The molecule has 3 aromatic rings. The first kappa shape index (κ1) is 17.3. The third-order valence-electron chi connectivity index (χ3n) is 5.44. The molecule has 3 aromatic heterocycles. The average Bonchev–Trinajstić information content (AvgIpc) is 3.22. The third kappa shape index (κ3) is 2.78. The van der Waals surface area contributed by atoms with Gasteiger partial charge in [0.15, 0.2) is 0 Å². The van der Waals surface area contributed by atoms with Crippen molar-refractivity contribution in [3.05, 3.63) is 77.0 Å². The number of hydrogen-bond acceptors (Lipinski definition) is 3. The fraction of sp³-hybridized carbons (Fsp3) is 0.217. The highest BCUT2D eigenvalue weighted by molar-refractivity contribution is 6.01. The average molecular weight is 358 g/mol. The predicted octanol–water partition coefficient (Wildman–Crippen LogP) is 5.39. The van der Waals surface area contributed by atoms with Crippen molar-refractivity contribution in [1.29, 1.82) is 0 Å². The topological polar surface area (TPSA) is 53.6 Å². The fourth-order valence-electron chi connectivity index (χ4n) is 3.97. The standard InChI is InChI=1S/C23H24N4.H2/c1-13(2)22(15(4)24-5)17-9-19-21(12-27-23(19)26-10-17)18-8-16-6-7-25-11-20(16)14(18)3;/h6-12,14,24H,1H2,2-5H3,(H,26,27);1H/b22-15+;. The minimum Gasteiger partial charge on any atom is -0.391 e. The lowest BCUT2D eigenvalue weighted by atomic mass is 9.92. The number of aromatic nitrogens is 3. The van der Waals surface area contributed by atoms with Gasteiger partial charge in [-0.05, 0) is 48.3 Å². The molecule has 4 nitrogen and oxygen atoms in total. The molecule has 138 valence electrons. The molecule has 1 atom stereocenters. The monoisotopic (exact) mass is 358 g/mol. The van der Waals surface area contributed by atoms with Crippen LogP contribution in [-0.2, 0) is 0 Å². The first-order chi connectivity index (χ1) is 13.0. The molecule has 0 fully saturated rings. The van der Waals surface area contributed by atoms with Crippen LogP contribution in [0.3, 0.4) is 0 Å². The van der Waals surface area contributed by atoms with Gasteiger partial charge in [0.05, 0.1) is 0 Å². The van der Waals surface area contributed by atoms with Gasteiger partial charge in [-0.1, -0.05) is 19.6 Å². The van der Waals surface area contributed by atoms with Gasteiger partial charge in [0.25, 0.3) is 0 Å². The van der Waals surface area contributed by atoms with Crippen LogP contribution in [0, 0.1) is 0 Å². The Morgan fingerprint density at radius 2 is 2.11 bits per heavy atom. The summed E-state index contributed by atoms with van der Waals surface area (Å²) in [5, 5.41) is 4.37.